The molecule has 2 aliphatic heterocycles. The minimum atomic E-state index is -0.566. The van der Waals surface area contributed by atoms with E-state index in [-0.39, 0.29) is 11.8 Å². The van der Waals surface area contributed by atoms with Gasteiger partial charge in [-0.1, -0.05) is 208 Å². The number of carbonyl (C=O) groups is 2. The van der Waals surface area contributed by atoms with Crippen molar-refractivity contribution in [3.05, 3.63) is 78.4 Å². The molecule has 12 heteroatoms. The van der Waals surface area contributed by atoms with Crippen molar-refractivity contribution in [3.63, 3.8) is 0 Å². The minimum Gasteiger partial charge on any atom is -0.321 e. The lowest BCUT2D eigenvalue weighted by atomic mass is 9.93. The molecular formula is C76H114N6O2S4. The second-order valence-corrected chi connectivity index (χ2v) is 32.0. The molecule has 484 valence electrons. The monoisotopic (exact) mass is 1270 g/mol. The van der Waals surface area contributed by atoms with Crippen LogP contribution in [0.15, 0.2) is 47.5 Å². The van der Waals surface area contributed by atoms with E-state index >= 15 is 9.59 Å². The number of carbonyl (C=O) groups excluding carboxylic acids is 2. The topological polar surface area (TPSA) is 118 Å². The van der Waals surface area contributed by atoms with Gasteiger partial charge in [-0.15, -0.1) is 45.3 Å². The third-order valence-corrected chi connectivity index (χ3v) is 24.4. The van der Waals surface area contributed by atoms with Gasteiger partial charge in [0.25, 0.3) is 11.8 Å². The maximum atomic E-state index is 16.2. The summed E-state index contributed by atoms with van der Waals surface area (Å²) in [4.78, 5) is 54.4. The van der Waals surface area contributed by atoms with E-state index in [0.29, 0.717) is 36.1 Å². The first kappa shape index (κ1) is 70.1. The molecular weight excluding hydrogens is 1160 g/mol. The van der Waals surface area contributed by atoms with Gasteiger partial charge in [-0.2, -0.15) is 0 Å². The quantitative estimate of drug-likeness (QED) is 0.0368. The van der Waals surface area contributed by atoms with Crippen LogP contribution in [0.1, 0.15) is 306 Å². The number of amides is 2. The maximum absolute atomic E-state index is 16.2. The molecule has 7 heterocycles. The van der Waals surface area contributed by atoms with E-state index in [1.807, 2.05) is 22.7 Å². The highest BCUT2D eigenvalue weighted by atomic mass is 32.1. The number of unbranched alkanes of at least 4 members (excludes halogenated alkanes) is 22. The summed E-state index contributed by atoms with van der Waals surface area (Å²) in [7, 11) is 0. The van der Waals surface area contributed by atoms with Crippen molar-refractivity contribution in [3.8, 4) is 9.75 Å². The Morgan fingerprint density at radius 1 is 0.409 bits per heavy atom. The first-order valence-electron chi connectivity index (χ1n) is 35.7. The summed E-state index contributed by atoms with van der Waals surface area (Å²) in [6.45, 7) is 23.3. The van der Waals surface area contributed by atoms with E-state index in [0.717, 1.165) is 127 Å². The lowest BCUT2D eigenvalue weighted by Crippen LogP contribution is -2.34. The van der Waals surface area contributed by atoms with Crippen LogP contribution in [0.25, 0.3) is 52.4 Å². The molecule has 0 saturated carbocycles. The summed E-state index contributed by atoms with van der Waals surface area (Å²) in [5, 5.41) is 2.30. The Morgan fingerprint density at radius 3 is 1.20 bits per heavy atom. The lowest BCUT2D eigenvalue weighted by Gasteiger charge is -2.29. The van der Waals surface area contributed by atoms with Gasteiger partial charge in [0.1, 0.15) is 0 Å². The fourth-order valence-corrected chi connectivity index (χ4v) is 18.3. The Bertz CT molecular complexity index is 3250. The van der Waals surface area contributed by atoms with Gasteiger partial charge in [0, 0.05) is 54.4 Å². The Kier molecular flexibility index (Phi) is 27.3. The highest BCUT2D eigenvalue weighted by Gasteiger charge is 2.50. The van der Waals surface area contributed by atoms with E-state index in [4.69, 9.17) is 21.4 Å². The molecule has 6 aromatic rings. The second-order valence-electron chi connectivity index (χ2n) is 27.7. The van der Waals surface area contributed by atoms with Crippen molar-refractivity contribution in [2.24, 2.45) is 23.3 Å². The predicted octanol–water partition coefficient (Wildman–Crippen LogP) is 23.0. The van der Waals surface area contributed by atoms with Crippen LogP contribution in [-0.2, 0) is 33.5 Å². The van der Waals surface area contributed by atoms with Gasteiger partial charge in [0.15, 0.2) is 0 Å². The zero-order valence-corrected chi connectivity index (χ0v) is 59.7. The van der Waals surface area contributed by atoms with E-state index in [1.165, 1.54) is 174 Å². The molecule has 8 rings (SSSR count). The highest BCUT2D eigenvalue weighted by molar-refractivity contribution is 7.31. The van der Waals surface area contributed by atoms with Gasteiger partial charge in [-0.3, -0.25) is 9.59 Å². The largest absolute Gasteiger partial charge is 0.321 e. The van der Waals surface area contributed by atoms with Crippen LogP contribution in [0.5, 0.6) is 0 Å². The first-order chi connectivity index (χ1) is 42.6. The van der Waals surface area contributed by atoms with Crippen LogP contribution in [0.4, 0.5) is 0 Å². The molecule has 2 unspecified atom stereocenters. The molecule has 88 heavy (non-hydrogen) atoms. The SMILES string of the molecule is CCCCCCCCC(CCCCCC)CN1C(=O)C2=C(c3ccc(C(C)(C)N)s3)N(CC(CCCCCC)CCCCCCCC)C(=O)C2=C1c1ccc(-c2cc3c4nc(CCCCCC)c(CCCCCC)nc4c4cc(C(C)(C)N)sc4c3s2)s1. The highest BCUT2D eigenvalue weighted by Crippen LogP contribution is 2.53. The van der Waals surface area contributed by atoms with Gasteiger partial charge < -0.3 is 21.3 Å². The standard InChI is InChI=1S/C76H114N6O2S4/c1-11-17-23-29-31-35-41-53(39-33-25-19-13-3)51-81-69(65-66(74(81)84)70(61-47-48-63(86-61)75(7,8)77)82(73(65)83)52-54(40-34-26-20-14-4)42-36-32-30-24-18-12-2)60-46-45-59(85-60)62-49-55-67-68(56-50-64(76(9,10)78)88-72(56)71(55)87-62)80-58(44-38-28-22-16-6)57(79-67)43-37-27-21-15-5/h45-50,53-54H,11-44,51-52,77-78H2,1-10H3. The van der Waals surface area contributed by atoms with Gasteiger partial charge in [-0.25, -0.2) is 9.97 Å². The average Bonchev–Trinajstić information content (AvgIpc) is 1.61. The zero-order chi connectivity index (χ0) is 62.8. The van der Waals surface area contributed by atoms with Crippen molar-refractivity contribution in [1.29, 1.82) is 0 Å². The molecule has 0 saturated heterocycles. The number of nitrogens with zero attached hydrogens (tertiary/aromatic N) is 4. The summed E-state index contributed by atoms with van der Waals surface area (Å²) in [6.07, 6.45) is 40.3. The van der Waals surface area contributed by atoms with Crippen LogP contribution in [-0.4, -0.2) is 44.7 Å². The number of aromatic nitrogens is 2. The number of thiophene rings is 4. The smallest absolute Gasteiger partial charge is 0.261 e. The van der Waals surface area contributed by atoms with Crippen LogP contribution in [0, 0.1) is 11.8 Å². The van der Waals surface area contributed by atoms with Crippen LogP contribution >= 0.6 is 45.3 Å². The van der Waals surface area contributed by atoms with Crippen molar-refractivity contribution in [2.45, 2.75) is 299 Å². The number of hydrogen-bond donors (Lipinski definition) is 2. The average molecular weight is 1270 g/mol. The predicted molar refractivity (Wildman–Crippen MR) is 386 cm³/mol. The molecule has 2 amide bonds. The number of hydrogen-bond acceptors (Lipinski definition) is 10. The molecule has 5 aromatic heterocycles. The van der Waals surface area contributed by atoms with Crippen LogP contribution in [0.3, 0.4) is 0 Å². The first-order valence-corrected chi connectivity index (χ1v) is 38.9. The fourth-order valence-electron chi connectivity index (χ4n) is 13.6. The van der Waals surface area contributed by atoms with Gasteiger partial charge in [0.2, 0.25) is 0 Å². The molecule has 4 N–H and O–H groups in total. The maximum Gasteiger partial charge on any atom is 0.261 e. The molecule has 0 aliphatic carbocycles. The van der Waals surface area contributed by atoms with Crippen molar-refractivity contribution >= 4 is 99.8 Å². The number of rotatable bonds is 43. The summed E-state index contributed by atoms with van der Waals surface area (Å²) in [5.41, 5.74) is 19.9. The third-order valence-electron chi connectivity index (χ3n) is 18.9. The van der Waals surface area contributed by atoms with Gasteiger partial charge >= 0.3 is 0 Å². The minimum absolute atomic E-state index is 0.00876. The lowest BCUT2D eigenvalue weighted by molar-refractivity contribution is -0.124. The fraction of sp³-hybridized carbons (Fsp3) is 0.658. The van der Waals surface area contributed by atoms with E-state index < -0.39 is 11.1 Å². The van der Waals surface area contributed by atoms with Crippen molar-refractivity contribution in [1.82, 2.24) is 19.8 Å². The molecule has 2 aliphatic rings. The Morgan fingerprint density at radius 2 is 0.773 bits per heavy atom. The van der Waals surface area contributed by atoms with Gasteiger partial charge in [0.05, 0.1) is 64.1 Å². The van der Waals surface area contributed by atoms with Crippen molar-refractivity contribution < 1.29 is 9.59 Å². The third kappa shape index (κ3) is 17.9. The Hall–Kier alpha value is -3.78. The molecule has 0 spiro atoms. The van der Waals surface area contributed by atoms with Crippen molar-refractivity contribution in [2.75, 3.05) is 13.1 Å². The number of fused-ring (bicyclic) bond motifs is 7. The summed E-state index contributed by atoms with van der Waals surface area (Å²) < 4.78 is 2.46. The molecule has 0 radical (unpaired) electrons. The Balaban J connectivity index is 1.28. The van der Waals surface area contributed by atoms with Crippen LogP contribution < -0.4 is 11.5 Å². The summed E-state index contributed by atoms with van der Waals surface area (Å²) in [6, 6.07) is 13.5. The molecule has 2 atom stereocenters. The molecule has 0 fully saturated rings. The second kappa shape index (κ2) is 34.2. The summed E-state index contributed by atoms with van der Waals surface area (Å²) in [5.74, 6) is 0.649. The zero-order valence-electron chi connectivity index (χ0n) is 56.5. The van der Waals surface area contributed by atoms with E-state index in [1.54, 1.807) is 22.7 Å². The van der Waals surface area contributed by atoms with E-state index in [2.05, 4.69) is 115 Å². The number of benzene rings is 1. The van der Waals surface area contributed by atoms with Gasteiger partial charge in [-0.05, 0) is 127 Å². The summed E-state index contributed by atoms with van der Waals surface area (Å²) >= 11 is 7.05. The number of nitrogens with two attached hydrogens (primary N) is 2. The Labute approximate surface area is 548 Å². The molecule has 1 aromatic carbocycles. The molecule has 0 bridgehead atoms. The normalized spacial score (nSPS) is 14.9. The number of aryl methyl sites for hydroxylation is 2. The van der Waals surface area contributed by atoms with E-state index in [9.17, 15) is 0 Å². The molecule has 8 nitrogen and oxygen atoms in total. The van der Waals surface area contributed by atoms with Crippen LogP contribution in [0.2, 0.25) is 0 Å².